The van der Waals surface area contributed by atoms with Gasteiger partial charge in [0.2, 0.25) is 5.91 Å². The van der Waals surface area contributed by atoms with Crippen LogP contribution in [0.15, 0.2) is 52.6 Å². The Labute approximate surface area is 211 Å². The van der Waals surface area contributed by atoms with Crippen LogP contribution in [0.1, 0.15) is 42.6 Å². The molecule has 1 aliphatic heterocycles. The number of nitrogens with zero attached hydrogens (tertiary/aromatic N) is 7. The number of benzene rings is 1. The Kier molecular flexibility index (Phi) is 6.21. The van der Waals surface area contributed by atoms with E-state index in [1.54, 1.807) is 17.5 Å². The van der Waals surface area contributed by atoms with Crippen molar-refractivity contribution in [3.8, 4) is 23.3 Å². The van der Waals surface area contributed by atoms with Gasteiger partial charge >= 0.3 is 0 Å². The third-order valence-corrected chi connectivity index (χ3v) is 7.63. The number of pyridine rings is 1. The van der Waals surface area contributed by atoms with Crippen LogP contribution in [0.25, 0.3) is 16.6 Å². The van der Waals surface area contributed by atoms with E-state index in [0.29, 0.717) is 22.5 Å². The van der Waals surface area contributed by atoms with Gasteiger partial charge in [-0.15, -0.1) is 0 Å². The molecule has 8 nitrogen and oxygen atoms in total. The van der Waals surface area contributed by atoms with E-state index in [-0.39, 0.29) is 17.5 Å². The summed E-state index contributed by atoms with van der Waals surface area (Å²) in [7, 11) is 0. The Morgan fingerprint density at radius 2 is 1.94 bits per heavy atom. The van der Waals surface area contributed by atoms with Crippen molar-refractivity contribution >= 4 is 23.2 Å². The number of carbonyl (C=O) groups excluding carboxylic acids is 1. The number of aromatic nitrogens is 4. The van der Waals surface area contributed by atoms with Gasteiger partial charge in [-0.1, -0.05) is 11.8 Å². The quantitative estimate of drug-likeness (QED) is 0.402. The lowest BCUT2D eigenvalue weighted by molar-refractivity contribution is -0.130. The highest BCUT2D eigenvalue weighted by Gasteiger charge is 2.26. The van der Waals surface area contributed by atoms with Gasteiger partial charge in [0.25, 0.3) is 0 Å². The van der Waals surface area contributed by atoms with Gasteiger partial charge in [0.05, 0.1) is 35.1 Å². The summed E-state index contributed by atoms with van der Waals surface area (Å²) in [4.78, 5) is 15.1. The second kappa shape index (κ2) is 9.48. The zero-order valence-corrected chi connectivity index (χ0v) is 20.6. The SMILES string of the molecule is CC(=O)N1CCC[C@H](n2ncc(-c3cc(Sc4ccc(F)cc4C#N)c4c(C#N)cnn4c3)c2C)C1. The molecule has 0 N–H and O–H groups in total. The molecule has 0 bridgehead atoms. The van der Waals surface area contributed by atoms with E-state index in [4.69, 9.17) is 0 Å². The predicted molar refractivity (Wildman–Crippen MR) is 132 cm³/mol. The first-order chi connectivity index (χ1) is 17.4. The number of piperidine rings is 1. The standard InChI is InChI=1S/C26H22FN7OS/c1-16-23(13-31-34(16)22-4-3-7-32(15-22)17(2)35)19-9-25(26-20(11-29)12-30-33(26)14-19)36-24-6-5-21(27)8-18(24)10-28/h5-6,8-9,12-14,22H,3-4,7,15H2,1-2H3/t22-/m0/s1. The second-order valence-corrected chi connectivity index (χ2v) is 9.84. The van der Waals surface area contributed by atoms with Crippen LogP contribution >= 0.6 is 11.8 Å². The van der Waals surface area contributed by atoms with E-state index >= 15 is 0 Å². The summed E-state index contributed by atoms with van der Waals surface area (Å²) >= 11 is 1.29. The smallest absolute Gasteiger partial charge is 0.219 e. The molecule has 1 saturated heterocycles. The average molecular weight is 500 g/mol. The van der Waals surface area contributed by atoms with Gasteiger partial charge in [0.1, 0.15) is 18.0 Å². The number of likely N-dealkylation sites (tertiary alicyclic amines) is 1. The maximum atomic E-state index is 13.7. The first-order valence-corrected chi connectivity index (χ1v) is 12.3. The molecule has 5 rings (SSSR count). The Bertz CT molecular complexity index is 1580. The van der Waals surface area contributed by atoms with Gasteiger partial charge in [-0.25, -0.2) is 8.91 Å². The summed E-state index contributed by atoms with van der Waals surface area (Å²) in [5.41, 5.74) is 3.97. The summed E-state index contributed by atoms with van der Waals surface area (Å²) in [5, 5.41) is 28.2. The number of halogens is 1. The molecule has 1 amide bonds. The minimum Gasteiger partial charge on any atom is -0.341 e. The van der Waals surface area contributed by atoms with Gasteiger partial charge in [-0.05, 0) is 44.0 Å². The normalized spacial score (nSPS) is 15.6. The average Bonchev–Trinajstić information content (AvgIpc) is 3.48. The number of nitriles is 2. The molecule has 0 unspecified atom stereocenters. The van der Waals surface area contributed by atoms with Crippen molar-refractivity contribution in [1.29, 1.82) is 10.5 Å². The fourth-order valence-corrected chi connectivity index (χ4v) is 5.78. The Morgan fingerprint density at radius 3 is 2.69 bits per heavy atom. The van der Waals surface area contributed by atoms with Gasteiger partial charge in [-0.3, -0.25) is 9.48 Å². The largest absolute Gasteiger partial charge is 0.341 e. The molecule has 1 atom stereocenters. The Morgan fingerprint density at radius 1 is 1.14 bits per heavy atom. The molecule has 1 fully saturated rings. The summed E-state index contributed by atoms with van der Waals surface area (Å²) in [5.74, 6) is -0.410. The fourth-order valence-electron chi connectivity index (χ4n) is 4.70. The van der Waals surface area contributed by atoms with Crippen molar-refractivity contribution in [1.82, 2.24) is 24.3 Å². The highest BCUT2D eigenvalue weighted by Crippen LogP contribution is 2.38. The van der Waals surface area contributed by atoms with Crippen LogP contribution in [0.4, 0.5) is 4.39 Å². The van der Waals surface area contributed by atoms with E-state index in [9.17, 15) is 19.7 Å². The van der Waals surface area contributed by atoms with Crippen molar-refractivity contribution < 1.29 is 9.18 Å². The fraction of sp³-hybridized carbons (Fsp3) is 0.269. The van der Waals surface area contributed by atoms with Crippen molar-refractivity contribution in [2.75, 3.05) is 13.1 Å². The maximum absolute atomic E-state index is 13.7. The van der Waals surface area contributed by atoms with Gasteiger partial charge < -0.3 is 4.90 Å². The third kappa shape index (κ3) is 4.21. The molecular formula is C26H22FN7OS. The first kappa shape index (κ1) is 23.6. The minimum atomic E-state index is -0.481. The molecule has 4 heterocycles. The molecule has 3 aromatic heterocycles. The molecule has 0 saturated carbocycles. The molecule has 1 aliphatic rings. The van der Waals surface area contributed by atoms with E-state index in [1.807, 2.05) is 41.0 Å². The van der Waals surface area contributed by atoms with Crippen molar-refractivity contribution in [3.05, 3.63) is 65.5 Å². The molecule has 4 aromatic rings. The number of amides is 1. The lowest BCUT2D eigenvalue weighted by Gasteiger charge is -2.32. The molecular weight excluding hydrogens is 477 g/mol. The Balaban J connectivity index is 1.58. The highest BCUT2D eigenvalue weighted by atomic mass is 32.2. The predicted octanol–water partition coefficient (Wildman–Crippen LogP) is 4.72. The van der Waals surface area contributed by atoms with Crippen molar-refractivity contribution in [3.63, 3.8) is 0 Å². The van der Waals surface area contributed by atoms with Crippen LogP contribution in [-0.2, 0) is 4.79 Å². The van der Waals surface area contributed by atoms with Crippen molar-refractivity contribution in [2.24, 2.45) is 0 Å². The van der Waals surface area contributed by atoms with Crippen LogP contribution in [0, 0.1) is 35.4 Å². The van der Waals surface area contributed by atoms with Gasteiger partial charge in [0.15, 0.2) is 0 Å². The van der Waals surface area contributed by atoms with Crippen LogP contribution in [0.2, 0.25) is 0 Å². The lowest BCUT2D eigenvalue weighted by Crippen LogP contribution is -2.39. The lowest BCUT2D eigenvalue weighted by atomic mass is 10.0. The molecule has 0 aliphatic carbocycles. The van der Waals surface area contributed by atoms with Gasteiger partial charge in [-0.2, -0.15) is 20.7 Å². The van der Waals surface area contributed by atoms with E-state index < -0.39 is 5.82 Å². The summed E-state index contributed by atoms with van der Waals surface area (Å²) < 4.78 is 17.3. The first-order valence-electron chi connectivity index (χ1n) is 11.5. The molecule has 180 valence electrons. The second-order valence-electron chi connectivity index (χ2n) is 8.76. The number of hydrogen-bond donors (Lipinski definition) is 0. The van der Waals surface area contributed by atoms with E-state index in [2.05, 4.69) is 16.3 Å². The topological polar surface area (TPSA) is 103 Å². The van der Waals surface area contributed by atoms with Gasteiger partial charge in [0, 0.05) is 52.8 Å². The molecule has 10 heteroatoms. The molecule has 1 aromatic carbocycles. The number of rotatable bonds is 4. The maximum Gasteiger partial charge on any atom is 0.219 e. The summed E-state index contributed by atoms with van der Waals surface area (Å²) in [6.07, 6.45) is 7.04. The zero-order valence-electron chi connectivity index (χ0n) is 19.8. The van der Waals surface area contributed by atoms with E-state index in [1.165, 1.54) is 30.1 Å². The molecule has 0 radical (unpaired) electrons. The molecule has 36 heavy (non-hydrogen) atoms. The zero-order chi connectivity index (χ0) is 25.4. The summed E-state index contributed by atoms with van der Waals surface area (Å²) in [6.45, 7) is 4.99. The van der Waals surface area contributed by atoms with E-state index in [0.717, 1.165) is 41.1 Å². The van der Waals surface area contributed by atoms with Crippen LogP contribution in [-0.4, -0.2) is 43.3 Å². The number of carbonyl (C=O) groups is 1. The summed E-state index contributed by atoms with van der Waals surface area (Å²) in [6, 6.07) is 10.3. The van der Waals surface area contributed by atoms with Crippen LogP contribution in [0.3, 0.4) is 0 Å². The van der Waals surface area contributed by atoms with Crippen LogP contribution in [0.5, 0.6) is 0 Å². The molecule has 0 spiro atoms. The number of fused-ring (bicyclic) bond motifs is 1. The number of hydrogen-bond acceptors (Lipinski definition) is 6. The monoisotopic (exact) mass is 499 g/mol. The third-order valence-electron chi connectivity index (χ3n) is 6.52. The minimum absolute atomic E-state index is 0.0707. The highest BCUT2D eigenvalue weighted by molar-refractivity contribution is 7.99. The van der Waals surface area contributed by atoms with Crippen LogP contribution < -0.4 is 0 Å². The Hall–Kier alpha value is -4.15. The van der Waals surface area contributed by atoms with Crippen molar-refractivity contribution in [2.45, 2.75) is 42.5 Å².